The summed E-state index contributed by atoms with van der Waals surface area (Å²) in [5, 5.41) is 0.243. The molecule has 0 amide bonds. The lowest BCUT2D eigenvalue weighted by Crippen LogP contribution is -2.42. The van der Waals surface area contributed by atoms with Crippen LogP contribution in [-0.4, -0.2) is 14.9 Å². The molecular formula is C15H23IO2Si. The van der Waals surface area contributed by atoms with Crippen LogP contribution in [0.1, 0.15) is 38.9 Å². The normalized spacial score (nSPS) is 19.8. The molecule has 0 bridgehead atoms. The summed E-state index contributed by atoms with van der Waals surface area (Å²) in [4.78, 5) is 0. The minimum atomic E-state index is -1.74. The van der Waals surface area contributed by atoms with Crippen LogP contribution in [0.4, 0.5) is 0 Å². The maximum Gasteiger partial charge on any atom is 0.192 e. The van der Waals surface area contributed by atoms with Gasteiger partial charge < -0.3 is 9.16 Å². The first-order chi connectivity index (χ1) is 8.71. The fraction of sp³-hybridized carbons (Fsp3) is 0.600. The first kappa shape index (κ1) is 15.3. The highest BCUT2D eigenvalue weighted by Gasteiger charge is 2.40. The molecule has 1 aliphatic heterocycles. The average molecular weight is 390 g/mol. The van der Waals surface area contributed by atoms with E-state index in [1.165, 1.54) is 9.13 Å². The molecule has 1 aromatic rings. The standard InChI is InChI=1S/C15H23IO2Si/c1-15(2,3)19(4,5)18-14-8-9-17-13-7-6-11(16)10-12(13)14/h6-7,10,14H,8-9H2,1-5H3. The molecule has 1 unspecified atom stereocenters. The van der Waals surface area contributed by atoms with Gasteiger partial charge in [0.25, 0.3) is 0 Å². The molecule has 0 saturated carbocycles. The van der Waals surface area contributed by atoms with Crippen molar-refractivity contribution < 1.29 is 9.16 Å². The van der Waals surface area contributed by atoms with Crippen LogP contribution < -0.4 is 4.74 Å². The van der Waals surface area contributed by atoms with E-state index in [1.54, 1.807) is 0 Å². The van der Waals surface area contributed by atoms with Crippen molar-refractivity contribution in [1.29, 1.82) is 0 Å². The second kappa shape index (κ2) is 5.37. The molecule has 1 atom stereocenters. The molecule has 0 saturated heterocycles. The van der Waals surface area contributed by atoms with Crippen molar-refractivity contribution in [3.63, 3.8) is 0 Å². The Balaban J connectivity index is 2.27. The second-order valence-corrected chi connectivity index (χ2v) is 12.7. The Hall–Kier alpha value is -0.0731. The second-order valence-electron chi connectivity index (χ2n) is 6.69. The van der Waals surface area contributed by atoms with E-state index in [9.17, 15) is 0 Å². The number of halogens is 1. The van der Waals surface area contributed by atoms with Gasteiger partial charge in [-0.2, -0.15) is 0 Å². The van der Waals surface area contributed by atoms with E-state index in [-0.39, 0.29) is 11.1 Å². The highest BCUT2D eigenvalue weighted by atomic mass is 127. The molecule has 2 rings (SSSR count). The molecule has 19 heavy (non-hydrogen) atoms. The van der Waals surface area contributed by atoms with Crippen molar-refractivity contribution >= 4 is 30.9 Å². The highest BCUT2D eigenvalue weighted by molar-refractivity contribution is 14.1. The number of fused-ring (bicyclic) bond motifs is 1. The third-order valence-electron chi connectivity index (χ3n) is 4.20. The van der Waals surface area contributed by atoms with E-state index in [0.29, 0.717) is 0 Å². The Kier molecular flexibility index (Phi) is 4.33. The number of hydrogen-bond acceptors (Lipinski definition) is 2. The molecule has 106 valence electrons. The smallest absolute Gasteiger partial charge is 0.192 e. The van der Waals surface area contributed by atoms with E-state index in [2.05, 4.69) is 74.7 Å². The predicted molar refractivity (Wildman–Crippen MR) is 90.3 cm³/mol. The fourth-order valence-electron chi connectivity index (χ4n) is 1.99. The fourth-order valence-corrected chi connectivity index (χ4v) is 3.81. The molecular weight excluding hydrogens is 367 g/mol. The number of rotatable bonds is 2. The molecule has 0 radical (unpaired) electrons. The third kappa shape index (κ3) is 3.33. The molecule has 1 aromatic carbocycles. The van der Waals surface area contributed by atoms with E-state index < -0.39 is 8.32 Å². The van der Waals surface area contributed by atoms with Gasteiger partial charge in [-0.3, -0.25) is 0 Å². The monoisotopic (exact) mass is 390 g/mol. The molecule has 0 spiro atoms. The summed E-state index contributed by atoms with van der Waals surface area (Å²) in [6, 6.07) is 6.36. The van der Waals surface area contributed by atoms with E-state index in [4.69, 9.17) is 9.16 Å². The quantitative estimate of drug-likeness (QED) is 0.515. The first-order valence-electron chi connectivity index (χ1n) is 6.81. The zero-order valence-corrected chi connectivity index (χ0v) is 15.6. The third-order valence-corrected chi connectivity index (χ3v) is 9.36. The Morgan fingerprint density at radius 3 is 2.63 bits per heavy atom. The first-order valence-corrected chi connectivity index (χ1v) is 10.8. The Morgan fingerprint density at radius 2 is 2.00 bits per heavy atom. The van der Waals surface area contributed by atoms with Gasteiger partial charge in [-0.05, 0) is 58.9 Å². The number of hydrogen-bond donors (Lipinski definition) is 0. The Labute approximate surface area is 131 Å². The van der Waals surface area contributed by atoms with E-state index in [1.807, 2.05) is 0 Å². The van der Waals surface area contributed by atoms with Crippen LogP contribution in [0.3, 0.4) is 0 Å². The number of ether oxygens (including phenoxy) is 1. The molecule has 0 fully saturated rings. The van der Waals surface area contributed by atoms with Gasteiger partial charge in [0, 0.05) is 15.6 Å². The zero-order chi connectivity index (χ0) is 14.3. The maximum absolute atomic E-state index is 6.58. The summed E-state index contributed by atoms with van der Waals surface area (Å²) in [5.74, 6) is 0.996. The van der Waals surface area contributed by atoms with Crippen molar-refractivity contribution in [3.8, 4) is 5.75 Å². The molecule has 1 aliphatic rings. The van der Waals surface area contributed by atoms with E-state index >= 15 is 0 Å². The van der Waals surface area contributed by atoms with Crippen molar-refractivity contribution in [3.05, 3.63) is 27.3 Å². The van der Waals surface area contributed by atoms with Gasteiger partial charge in [-0.15, -0.1) is 0 Å². The van der Waals surface area contributed by atoms with Crippen LogP contribution in [0.15, 0.2) is 18.2 Å². The average Bonchev–Trinajstić information content (AvgIpc) is 2.28. The van der Waals surface area contributed by atoms with Crippen LogP contribution in [0, 0.1) is 3.57 Å². The minimum absolute atomic E-state index is 0.194. The predicted octanol–water partition coefficient (Wildman–Crippen LogP) is 5.14. The van der Waals surface area contributed by atoms with Gasteiger partial charge in [0.15, 0.2) is 8.32 Å². The molecule has 0 N–H and O–H groups in total. The van der Waals surface area contributed by atoms with Crippen molar-refractivity contribution in [1.82, 2.24) is 0 Å². The van der Waals surface area contributed by atoms with Gasteiger partial charge >= 0.3 is 0 Å². The summed E-state index contributed by atoms with van der Waals surface area (Å²) in [6.07, 6.45) is 1.15. The largest absolute Gasteiger partial charge is 0.493 e. The summed E-state index contributed by atoms with van der Waals surface area (Å²) in [7, 11) is -1.74. The van der Waals surface area contributed by atoms with Crippen LogP contribution in [0.25, 0.3) is 0 Å². The number of benzene rings is 1. The lowest BCUT2D eigenvalue weighted by Gasteiger charge is -2.40. The highest BCUT2D eigenvalue weighted by Crippen LogP contribution is 2.43. The van der Waals surface area contributed by atoms with Crippen LogP contribution in [0.5, 0.6) is 5.75 Å². The Morgan fingerprint density at radius 1 is 1.32 bits per heavy atom. The van der Waals surface area contributed by atoms with Gasteiger partial charge in [0.05, 0.1) is 12.7 Å². The minimum Gasteiger partial charge on any atom is -0.493 e. The van der Waals surface area contributed by atoms with Gasteiger partial charge in [0.2, 0.25) is 0 Å². The van der Waals surface area contributed by atoms with Gasteiger partial charge in [-0.25, -0.2) is 0 Å². The summed E-state index contributed by atoms with van der Waals surface area (Å²) in [6.45, 7) is 12.2. The van der Waals surface area contributed by atoms with E-state index in [0.717, 1.165) is 18.8 Å². The molecule has 1 heterocycles. The molecule has 2 nitrogen and oxygen atoms in total. The summed E-state index contributed by atoms with van der Waals surface area (Å²) >= 11 is 2.35. The van der Waals surface area contributed by atoms with Gasteiger partial charge in [0.1, 0.15) is 5.75 Å². The lowest BCUT2D eigenvalue weighted by molar-refractivity contribution is 0.122. The lowest BCUT2D eigenvalue weighted by atomic mass is 10.0. The summed E-state index contributed by atoms with van der Waals surface area (Å²) in [5.41, 5.74) is 1.22. The van der Waals surface area contributed by atoms with Crippen molar-refractivity contribution in [2.75, 3.05) is 6.61 Å². The van der Waals surface area contributed by atoms with Crippen molar-refractivity contribution in [2.45, 2.75) is 51.4 Å². The van der Waals surface area contributed by atoms with Crippen LogP contribution in [0.2, 0.25) is 18.1 Å². The Bertz CT molecular complexity index is 466. The van der Waals surface area contributed by atoms with Gasteiger partial charge in [-0.1, -0.05) is 20.8 Å². The van der Waals surface area contributed by atoms with Crippen LogP contribution in [-0.2, 0) is 4.43 Å². The summed E-state index contributed by atoms with van der Waals surface area (Å²) < 4.78 is 13.6. The van der Waals surface area contributed by atoms with Crippen LogP contribution >= 0.6 is 22.6 Å². The SMILES string of the molecule is CC(C)(C)[Si](C)(C)OC1CCOc2ccc(I)cc21. The molecule has 4 heteroatoms. The topological polar surface area (TPSA) is 18.5 Å². The maximum atomic E-state index is 6.58. The zero-order valence-electron chi connectivity index (χ0n) is 12.4. The molecule has 0 aliphatic carbocycles. The molecule has 0 aromatic heterocycles. The van der Waals surface area contributed by atoms with Crippen molar-refractivity contribution in [2.24, 2.45) is 0 Å².